The summed E-state index contributed by atoms with van der Waals surface area (Å²) < 4.78 is 13.7. The van der Waals surface area contributed by atoms with Gasteiger partial charge in [-0.1, -0.05) is 24.3 Å². The van der Waals surface area contributed by atoms with E-state index in [-0.39, 0.29) is 17.4 Å². The molecular formula is C16H13FN2O. The molecule has 0 radical (unpaired) electrons. The van der Waals surface area contributed by atoms with Crippen LogP contribution in [-0.4, -0.2) is 12.1 Å². The molecule has 1 heterocycles. The number of nitrogens with zero attached hydrogens (tertiary/aromatic N) is 1. The van der Waals surface area contributed by atoms with Gasteiger partial charge in [-0.3, -0.25) is 9.79 Å². The van der Waals surface area contributed by atoms with Crippen LogP contribution < -0.4 is 5.32 Å². The van der Waals surface area contributed by atoms with Gasteiger partial charge in [0.05, 0.1) is 5.69 Å². The summed E-state index contributed by atoms with van der Waals surface area (Å²) >= 11 is 0. The van der Waals surface area contributed by atoms with Gasteiger partial charge in [0, 0.05) is 11.9 Å². The minimum Gasteiger partial charge on any atom is -0.325 e. The number of halogens is 1. The van der Waals surface area contributed by atoms with Crippen LogP contribution >= 0.6 is 0 Å². The number of carbonyl (C=O) groups is 1. The van der Waals surface area contributed by atoms with E-state index in [1.165, 1.54) is 12.3 Å². The van der Waals surface area contributed by atoms with Crippen molar-refractivity contribution in [1.29, 1.82) is 0 Å². The van der Waals surface area contributed by atoms with Crippen LogP contribution in [0.5, 0.6) is 0 Å². The zero-order chi connectivity index (χ0) is 14.1. The zero-order valence-corrected chi connectivity index (χ0v) is 10.9. The molecule has 1 N–H and O–H groups in total. The third-order valence-corrected chi connectivity index (χ3v) is 3.30. The first kappa shape index (κ1) is 12.5. The van der Waals surface area contributed by atoms with Gasteiger partial charge in [0.25, 0.3) is 0 Å². The number of benzene rings is 2. The molecule has 0 saturated carbocycles. The number of amides is 1. The number of carbonyl (C=O) groups excluding carboxylic acids is 1. The molecule has 3 rings (SSSR count). The lowest BCUT2D eigenvalue weighted by Crippen LogP contribution is -2.12. The van der Waals surface area contributed by atoms with Crippen molar-refractivity contribution in [3.05, 3.63) is 59.4 Å². The van der Waals surface area contributed by atoms with Crippen LogP contribution in [0.2, 0.25) is 0 Å². The van der Waals surface area contributed by atoms with E-state index in [2.05, 4.69) is 10.3 Å². The van der Waals surface area contributed by atoms with Crippen molar-refractivity contribution in [2.24, 2.45) is 4.99 Å². The topological polar surface area (TPSA) is 41.5 Å². The fourth-order valence-electron chi connectivity index (χ4n) is 2.25. The molecule has 0 fully saturated rings. The molecule has 1 amide bonds. The maximum atomic E-state index is 13.7. The molecule has 0 saturated heterocycles. The average molecular weight is 268 g/mol. The van der Waals surface area contributed by atoms with E-state index < -0.39 is 5.92 Å². The van der Waals surface area contributed by atoms with Gasteiger partial charge in [-0.05, 0) is 36.2 Å². The SMILES string of the molecule is Cc1ccc(N=CC2C(=O)Nc3ccccc32)c(F)c1. The monoisotopic (exact) mass is 268 g/mol. The van der Waals surface area contributed by atoms with Crippen LogP contribution in [0.1, 0.15) is 17.0 Å². The van der Waals surface area contributed by atoms with Crippen LogP contribution in [0.4, 0.5) is 15.8 Å². The molecular weight excluding hydrogens is 255 g/mol. The van der Waals surface area contributed by atoms with Gasteiger partial charge in [-0.15, -0.1) is 0 Å². The number of rotatable bonds is 2. The molecule has 4 heteroatoms. The van der Waals surface area contributed by atoms with Crippen molar-refractivity contribution in [2.75, 3.05) is 5.32 Å². The third-order valence-electron chi connectivity index (χ3n) is 3.30. The average Bonchev–Trinajstić information content (AvgIpc) is 2.74. The Morgan fingerprint density at radius 3 is 2.85 bits per heavy atom. The van der Waals surface area contributed by atoms with Gasteiger partial charge >= 0.3 is 0 Å². The lowest BCUT2D eigenvalue weighted by molar-refractivity contribution is -0.115. The highest BCUT2D eigenvalue weighted by Crippen LogP contribution is 2.31. The van der Waals surface area contributed by atoms with E-state index in [9.17, 15) is 9.18 Å². The Hall–Kier alpha value is -2.49. The molecule has 0 bridgehead atoms. The molecule has 1 aliphatic heterocycles. The van der Waals surface area contributed by atoms with Crippen molar-refractivity contribution in [1.82, 2.24) is 0 Å². The normalized spacial score (nSPS) is 17.3. The molecule has 0 spiro atoms. The zero-order valence-electron chi connectivity index (χ0n) is 10.9. The van der Waals surface area contributed by atoms with Crippen molar-refractivity contribution >= 4 is 23.5 Å². The van der Waals surface area contributed by atoms with Gasteiger partial charge in [-0.2, -0.15) is 0 Å². The van der Waals surface area contributed by atoms with Gasteiger partial charge < -0.3 is 5.32 Å². The van der Waals surface area contributed by atoms with Crippen molar-refractivity contribution in [2.45, 2.75) is 12.8 Å². The quantitative estimate of drug-likeness (QED) is 0.831. The number of fused-ring (bicyclic) bond motifs is 1. The van der Waals surface area contributed by atoms with Crippen LogP contribution in [0, 0.1) is 12.7 Å². The van der Waals surface area contributed by atoms with E-state index in [1.54, 1.807) is 12.1 Å². The smallest absolute Gasteiger partial charge is 0.237 e. The predicted molar refractivity (Wildman–Crippen MR) is 77.1 cm³/mol. The Morgan fingerprint density at radius 2 is 2.05 bits per heavy atom. The second kappa shape index (κ2) is 4.89. The van der Waals surface area contributed by atoms with E-state index >= 15 is 0 Å². The molecule has 0 aromatic heterocycles. The lowest BCUT2D eigenvalue weighted by Gasteiger charge is -2.02. The highest BCUT2D eigenvalue weighted by molar-refractivity contribution is 6.12. The summed E-state index contributed by atoms with van der Waals surface area (Å²) in [6, 6.07) is 12.3. The van der Waals surface area contributed by atoms with Gasteiger partial charge in [0.15, 0.2) is 0 Å². The first-order valence-electron chi connectivity index (χ1n) is 6.35. The fraction of sp³-hybridized carbons (Fsp3) is 0.125. The van der Waals surface area contributed by atoms with Crippen molar-refractivity contribution in [3.63, 3.8) is 0 Å². The number of hydrogen-bond acceptors (Lipinski definition) is 2. The highest BCUT2D eigenvalue weighted by Gasteiger charge is 2.28. The van der Waals surface area contributed by atoms with Crippen LogP contribution in [0.3, 0.4) is 0 Å². The summed E-state index contributed by atoms with van der Waals surface area (Å²) in [5.74, 6) is -0.984. The van der Waals surface area contributed by atoms with Crippen LogP contribution in [0.25, 0.3) is 0 Å². The number of nitrogens with one attached hydrogen (secondary N) is 1. The maximum Gasteiger partial charge on any atom is 0.237 e. The Morgan fingerprint density at radius 1 is 1.25 bits per heavy atom. The first-order valence-corrected chi connectivity index (χ1v) is 6.35. The van der Waals surface area contributed by atoms with Gasteiger partial charge in [0.1, 0.15) is 11.7 Å². The largest absolute Gasteiger partial charge is 0.325 e. The maximum absolute atomic E-state index is 13.7. The highest BCUT2D eigenvalue weighted by atomic mass is 19.1. The standard InChI is InChI=1S/C16H13FN2O/c1-10-6-7-15(13(17)8-10)18-9-12-11-4-2-3-5-14(11)19-16(12)20/h2-9,12H,1H3,(H,19,20). The molecule has 1 aliphatic rings. The lowest BCUT2D eigenvalue weighted by atomic mass is 10.0. The van der Waals surface area contributed by atoms with Gasteiger partial charge in [-0.25, -0.2) is 4.39 Å². The Kier molecular flexibility index (Phi) is 3.06. The van der Waals surface area contributed by atoms with E-state index in [1.807, 2.05) is 31.2 Å². The van der Waals surface area contributed by atoms with E-state index in [4.69, 9.17) is 0 Å². The molecule has 2 aromatic carbocycles. The summed E-state index contributed by atoms with van der Waals surface area (Å²) in [4.78, 5) is 16.0. The number of aliphatic imine (C=N–C) groups is 1. The Labute approximate surface area is 116 Å². The number of hydrogen-bond donors (Lipinski definition) is 1. The van der Waals surface area contributed by atoms with Crippen LogP contribution in [-0.2, 0) is 4.79 Å². The Balaban J connectivity index is 1.91. The van der Waals surface area contributed by atoms with Crippen LogP contribution in [0.15, 0.2) is 47.5 Å². The Bertz CT molecular complexity index is 709. The van der Waals surface area contributed by atoms with E-state index in [0.29, 0.717) is 0 Å². The fourth-order valence-corrected chi connectivity index (χ4v) is 2.25. The second-order valence-electron chi connectivity index (χ2n) is 4.79. The van der Waals surface area contributed by atoms with Crippen molar-refractivity contribution < 1.29 is 9.18 Å². The summed E-state index contributed by atoms with van der Waals surface area (Å²) in [7, 11) is 0. The minimum absolute atomic E-state index is 0.137. The summed E-state index contributed by atoms with van der Waals surface area (Å²) in [5.41, 5.74) is 2.74. The molecule has 1 unspecified atom stereocenters. The molecule has 1 atom stereocenters. The molecule has 2 aromatic rings. The number of aryl methyl sites for hydroxylation is 1. The summed E-state index contributed by atoms with van der Waals surface area (Å²) in [5, 5.41) is 2.78. The van der Waals surface area contributed by atoms with Crippen molar-refractivity contribution in [3.8, 4) is 0 Å². The molecule has 20 heavy (non-hydrogen) atoms. The third kappa shape index (κ3) is 2.20. The minimum atomic E-state index is -0.466. The number of anilines is 1. The first-order chi connectivity index (χ1) is 9.65. The second-order valence-corrected chi connectivity index (χ2v) is 4.79. The molecule has 3 nitrogen and oxygen atoms in total. The molecule has 100 valence electrons. The number of para-hydroxylation sites is 1. The molecule has 0 aliphatic carbocycles. The van der Waals surface area contributed by atoms with E-state index in [0.717, 1.165) is 16.8 Å². The summed E-state index contributed by atoms with van der Waals surface area (Å²) in [6.45, 7) is 1.82. The summed E-state index contributed by atoms with van der Waals surface area (Å²) in [6.07, 6.45) is 1.49. The van der Waals surface area contributed by atoms with Gasteiger partial charge in [0.2, 0.25) is 5.91 Å². The predicted octanol–water partition coefficient (Wildman–Crippen LogP) is 3.57.